The highest BCUT2D eigenvalue weighted by Crippen LogP contribution is 2.39. The molecule has 0 bridgehead atoms. The summed E-state index contributed by atoms with van der Waals surface area (Å²) in [6, 6.07) is 6.76. The van der Waals surface area contributed by atoms with Gasteiger partial charge >= 0.3 is 11.9 Å². The van der Waals surface area contributed by atoms with Crippen molar-refractivity contribution >= 4 is 46.7 Å². The maximum absolute atomic E-state index is 12.7. The number of carboxylic acid groups (broad SMARTS) is 1. The number of benzene rings is 2. The normalized spacial score (nSPS) is 13.6. The van der Waals surface area contributed by atoms with Gasteiger partial charge in [0.15, 0.2) is 5.75 Å². The van der Waals surface area contributed by atoms with E-state index in [1.54, 1.807) is 4.90 Å². The zero-order chi connectivity index (χ0) is 21.8. The summed E-state index contributed by atoms with van der Waals surface area (Å²) in [5.41, 5.74) is 0.184. The van der Waals surface area contributed by atoms with E-state index in [0.717, 1.165) is 19.3 Å². The van der Waals surface area contributed by atoms with Crippen LogP contribution in [0.3, 0.4) is 0 Å². The summed E-state index contributed by atoms with van der Waals surface area (Å²) in [5.74, 6) is -3.08. The van der Waals surface area contributed by atoms with Crippen molar-refractivity contribution < 1.29 is 29.3 Å². The molecule has 1 saturated heterocycles. The SMILES string of the molecule is O=C(O)C(=O)Nc1cc(Cl)c(Oc2ccc(O)c(C(=O)N3CCCCC3)c2)c(Cl)c1. The average molecular weight is 453 g/mol. The van der Waals surface area contributed by atoms with Gasteiger partial charge in [-0.25, -0.2) is 4.79 Å². The number of ether oxygens (including phenoxy) is 1. The zero-order valence-electron chi connectivity index (χ0n) is 15.7. The number of anilines is 1. The number of hydrogen-bond donors (Lipinski definition) is 3. The fourth-order valence-electron chi connectivity index (χ4n) is 3.05. The molecule has 2 amide bonds. The lowest BCUT2D eigenvalue weighted by Gasteiger charge is -2.27. The molecule has 1 heterocycles. The van der Waals surface area contributed by atoms with Crippen molar-refractivity contribution in [2.24, 2.45) is 0 Å². The van der Waals surface area contributed by atoms with Crippen LogP contribution in [0.2, 0.25) is 10.0 Å². The molecule has 10 heteroatoms. The van der Waals surface area contributed by atoms with Crippen LogP contribution in [0.25, 0.3) is 0 Å². The summed E-state index contributed by atoms with van der Waals surface area (Å²) in [6.45, 7) is 1.26. The highest BCUT2D eigenvalue weighted by molar-refractivity contribution is 6.39. The second-order valence-electron chi connectivity index (χ2n) is 6.66. The number of phenolic OH excluding ortho intramolecular Hbond substituents is 1. The monoisotopic (exact) mass is 452 g/mol. The Balaban J connectivity index is 1.83. The number of likely N-dealkylation sites (tertiary alicyclic amines) is 1. The maximum Gasteiger partial charge on any atom is 0.394 e. The number of nitrogens with one attached hydrogen (secondary N) is 1. The van der Waals surface area contributed by atoms with E-state index in [1.807, 2.05) is 0 Å². The molecule has 3 rings (SSSR count). The molecule has 0 atom stereocenters. The fourth-order valence-corrected chi connectivity index (χ4v) is 3.61. The van der Waals surface area contributed by atoms with Crippen LogP contribution in [0.5, 0.6) is 17.2 Å². The molecule has 0 unspecified atom stereocenters. The van der Waals surface area contributed by atoms with E-state index < -0.39 is 11.9 Å². The lowest BCUT2D eigenvalue weighted by Crippen LogP contribution is -2.35. The summed E-state index contributed by atoms with van der Waals surface area (Å²) >= 11 is 12.3. The summed E-state index contributed by atoms with van der Waals surface area (Å²) in [6.07, 6.45) is 2.90. The van der Waals surface area contributed by atoms with Crippen molar-refractivity contribution in [3.8, 4) is 17.2 Å². The van der Waals surface area contributed by atoms with E-state index >= 15 is 0 Å². The first-order chi connectivity index (χ1) is 14.3. The van der Waals surface area contributed by atoms with Gasteiger partial charge in [-0.05, 0) is 49.6 Å². The van der Waals surface area contributed by atoms with Crippen LogP contribution >= 0.6 is 23.2 Å². The Morgan fingerprint density at radius 2 is 1.63 bits per heavy atom. The first-order valence-corrected chi connectivity index (χ1v) is 9.85. The van der Waals surface area contributed by atoms with Gasteiger partial charge in [0.2, 0.25) is 0 Å². The van der Waals surface area contributed by atoms with E-state index in [0.29, 0.717) is 13.1 Å². The third-order valence-corrected chi connectivity index (χ3v) is 5.07. The maximum atomic E-state index is 12.7. The first kappa shape index (κ1) is 21.7. The van der Waals surface area contributed by atoms with E-state index in [4.69, 9.17) is 33.0 Å². The predicted molar refractivity (Wildman–Crippen MR) is 111 cm³/mol. The van der Waals surface area contributed by atoms with Crippen molar-refractivity contribution in [2.45, 2.75) is 19.3 Å². The van der Waals surface area contributed by atoms with Crippen molar-refractivity contribution in [3.05, 3.63) is 45.9 Å². The Morgan fingerprint density at radius 3 is 2.23 bits per heavy atom. The van der Waals surface area contributed by atoms with Crippen LogP contribution in [0.1, 0.15) is 29.6 Å². The standard InChI is InChI=1S/C20H18Cl2N2O6/c21-14-8-11(23-18(26)20(28)29)9-15(22)17(14)30-12-4-5-16(25)13(10-12)19(27)24-6-2-1-3-7-24/h4-5,8-10,25H,1-3,6-7H2,(H,23,26)(H,28,29). The number of carbonyl (C=O) groups is 3. The quantitative estimate of drug-likeness (QED) is 0.600. The Hall–Kier alpha value is -2.97. The molecule has 3 N–H and O–H groups in total. The number of phenols is 1. The van der Waals surface area contributed by atoms with E-state index in [2.05, 4.69) is 5.32 Å². The lowest BCUT2D eigenvalue weighted by molar-refractivity contribution is -0.147. The van der Waals surface area contributed by atoms with Crippen LogP contribution < -0.4 is 10.1 Å². The van der Waals surface area contributed by atoms with Gasteiger partial charge in [0.25, 0.3) is 5.91 Å². The third-order valence-electron chi connectivity index (χ3n) is 4.51. The van der Waals surface area contributed by atoms with Gasteiger partial charge < -0.3 is 25.2 Å². The number of carbonyl (C=O) groups excluding carboxylic acids is 2. The summed E-state index contributed by atoms with van der Waals surface area (Å²) < 4.78 is 5.71. The molecule has 1 fully saturated rings. The Kier molecular flexibility index (Phi) is 6.69. The molecule has 1 aliphatic rings. The van der Waals surface area contributed by atoms with Crippen LogP contribution in [0, 0.1) is 0 Å². The smallest absolute Gasteiger partial charge is 0.394 e. The van der Waals surface area contributed by atoms with Crippen LogP contribution in [0.4, 0.5) is 5.69 Å². The highest BCUT2D eigenvalue weighted by Gasteiger charge is 2.22. The van der Waals surface area contributed by atoms with E-state index in [9.17, 15) is 19.5 Å². The number of hydrogen-bond acceptors (Lipinski definition) is 5. The Labute approximate surface area is 182 Å². The zero-order valence-corrected chi connectivity index (χ0v) is 17.2. The molecule has 0 aromatic heterocycles. The molecule has 158 valence electrons. The van der Waals surface area contributed by atoms with Gasteiger partial charge in [0.1, 0.15) is 11.5 Å². The number of rotatable bonds is 4. The topological polar surface area (TPSA) is 116 Å². The van der Waals surface area contributed by atoms with Gasteiger partial charge in [0, 0.05) is 18.8 Å². The van der Waals surface area contributed by atoms with Crippen molar-refractivity contribution in [1.82, 2.24) is 4.90 Å². The highest BCUT2D eigenvalue weighted by atomic mass is 35.5. The average Bonchev–Trinajstić information content (AvgIpc) is 2.72. The lowest BCUT2D eigenvalue weighted by atomic mass is 10.1. The second kappa shape index (κ2) is 9.23. The number of halogens is 2. The molecular formula is C20H18Cl2N2O6. The molecule has 0 aliphatic carbocycles. The minimum atomic E-state index is -1.66. The third kappa shape index (κ3) is 4.95. The molecule has 0 spiro atoms. The summed E-state index contributed by atoms with van der Waals surface area (Å²) in [5, 5.41) is 21.0. The largest absolute Gasteiger partial charge is 0.507 e. The molecule has 2 aromatic carbocycles. The van der Waals surface area contributed by atoms with E-state index in [-0.39, 0.29) is 44.5 Å². The molecule has 0 saturated carbocycles. The van der Waals surface area contributed by atoms with Crippen LogP contribution in [-0.4, -0.2) is 46.0 Å². The van der Waals surface area contributed by atoms with Crippen molar-refractivity contribution in [3.63, 3.8) is 0 Å². The van der Waals surface area contributed by atoms with E-state index in [1.165, 1.54) is 30.3 Å². The number of carboxylic acids is 1. The van der Waals surface area contributed by atoms with Crippen LogP contribution in [-0.2, 0) is 9.59 Å². The van der Waals surface area contributed by atoms with Gasteiger partial charge in [-0.15, -0.1) is 0 Å². The second-order valence-corrected chi connectivity index (χ2v) is 7.48. The number of aromatic hydroxyl groups is 1. The fraction of sp³-hybridized carbons (Fsp3) is 0.250. The molecule has 30 heavy (non-hydrogen) atoms. The van der Waals surface area contributed by atoms with Crippen LogP contribution in [0.15, 0.2) is 30.3 Å². The van der Waals surface area contributed by atoms with Gasteiger partial charge in [0.05, 0.1) is 15.6 Å². The first-order valence-electron chi connectivity index (χ1n) is 9.09. The van der Waals surface area contributed by atoms with Crippen molar-refractivity contribution in [2.75, 3.05) is 18.4 Å². The number of nitrogens with zero attached hydrogens (tertiary/aromatic N) is 1. The summed E-state index contributed by atoms with van der Waals surface area (Å²) in [4.78, 5) is 36.4. The molecule has 0 radical (unpaired) electrons. The number of amides is 2. The Bertz CT molecular complexity index is 982. The molecule has 2 aromatic rings. The number of aliphatic carboxylic acids is 1. The molecule has 8 nitrogen and oxygen atoms in total. The van der Waals surface area contributed by atoms with Gasteiger partial charge in [-0.1, -0.05) is 23.2 Å². The van der Waals surface area contributed by atoms with Crippen molar-refractivity contribution in [1.29, 1.82) is 0 Å². The Morgan fingerprint density at radius 1 is 1.00 bits per heavy atom. The van der Waals surface area contributed by atoms with Gasteiger partial charge in [-0.2, -0.15) is 0 Å². The number of piperidine rings is 1. The minimum Gasteiger partial charge on any atom is -0.507 e. The molecule has 1 aliphatic heterocycles. The minimum absolute atomic E-state index is 0.0140. The summed E-state index contributed by atoms with van der Waals surface area (Å²) in [7, 11) is 0. The molecular weight excluding hydrogens is 435 g/mol. The van der Waals surface area contributed by atoms with Gasteiger partial charge in [-0.3, -0.25) is 9.59 Å². The predicted octanol–water partition coefficient (Wildman–Crippen LogP) is 4.14.